The first-order valence-electron chi connectivity index (χ1n) is 10.3. The van der Waals surface area contributed by atoms with Gasteiger partial charge in [-0.05, 0) is 62.1 Å². The minimum atomic E-state index is -0.296. The molecule has 3 aromatic rings. The molecule has 1 heterocycles. The van der Waals surface area contributed by atoms with Crippen LogP contribution >= 0.6 is 0 Å². The van der Waals surface area contributed by atoms with Crippen molar-refractivity contribution in [1.82, 2.24) is 9.88 Å². The maximum atomic E-state index is 12.3. The topological polar surface area (TPSA) is 67.0 Å². The molecule has 0 bridgehead atoms. The summed E-state index contributed by atoms with van der Waals surface area (Å²) in [6.07, 6.45) is 5.64. The molecule has 1 aliphatic carbocycles. The number of aryl methyl sites for hydroxylation is 2. The first kappa shape index (κ1) is 19.8. The molecule has 0 saturated heterocycles. The highest BCUT2D eigenvalue weighted by atomic mass is 16.5. The Balaban J connectivity index is 1.54. The van der Waals surface area contributed by atoms with Crippen molar-refractivity contribution in [2.75, 3.05) is 6.61 Å². The third-order valence-corrected chi connectivity index (χ3v) is 5.48. The Morgan fingerprint density at radius 1 is 1.23 bits per heavy atom. The van der Waals surface area contributed by atoms with Crippen LogP contribution in [0.4, 0.5) is 0 Å². The lowest BCUT2D eigenvalue weighted by molar-refractivity contribution is -0.117. The van der Waals surface area contributed by atoms with Crippen LogP contribution in [0.3, 0.4) is 0 Å². The van der Waals surface area contributed by atoms with Gasteiger partial charge >= 0.3 is 0 Å². The van der Waals surface area contributed by atoms with Gasteiger partial charge in [0.25, 0.3) is 5.91 Å². The molecule has 5 heteroatoms. The van der Waals surface area contributed by atoms with Crippen LogP contribution in [0, 0.1) is 25.2 Å². The van der Waals surface area contributed by atoms with Gasteiger partial charge in [-0.1, -0.05) is 24.3 Å². The van der Waals surface area contributed by atoms with Crippen molar-refractivity contribution < 1.29 is 9.53 Å². The molecule has 1 fully saturated rings. The van der Waals surface area contributed by atoms with E-state index in [0.717, 1.165) is 35.1 Å². The summed E-state index contributed by atoms with van der Waals surface area (Å²) in [6, 6.07) is 16.4. The monoisotopic (exact) mass is 399 g/mol. The van der Waals surface area contributed by atoms with E-state index >= 15 is 0 Å². The number of nitriles is 1. The Morgan fingerprint density at radius 3 is 2.77 bits per heavy atom. The molecule has 0 aliphatic heterocycles. The number of ether oxygens (including phenoxy) is 1. The van der Waals surface area contributed by atoms with E-state index in [4.69, 9.17) is 4.74 Å². The summed E-state index contributed by atoms with van der Waals surface area (Å²) < 4.78 is 8.05. The molecule has 5 nitrogen and oxygen atoms in total. The van der Waals surface area contributed by atoms with Crippen LogP contribution in [0.25, 0.3) is 17.0 Å². The quantitative estimate of drug-likeness (QED) is 0.469. The number of para-hydroxylation sites is 1. The summed E-state index contributed by atoms with van der Waals surface area (Å²) in [5.41, 5.74) is 4.50. The number of benzene rings is 2. The van der Waals surface area contributed by atoms with Crippen LogP contribution in [0.15, 0.2) is 54.2 Å². The maximum absolute atomic E-state index is 12.3. The number of carbonyl (C=O) groups excluding carboxylic acids is 1. The van der Waals surface area contributed by atoms with E-state index in [0.29, 0.717) is 13.2 Å². The Hall–Kier alpha value is -3.52. The van der Waals surface area contributed by atoms with Crippen molar-refractivity contribution in [3.05, 3.63) is 70.9 Å². The van der Waals surface area contributed by atoms with Crippen LogP contribution in [0.2, 0.25) is 0 Å². The van der Waals surface area contributed by atoms with Gasteiger partial charge in [0.15, 0.2) is 0 Å². The molecule has 4 rings (SSSR count). The molecule has 0 atom stereocenters. The predicted molar refractivity (Wildman–Crippen MR) is 118 cm³/mol. The molecule has 0 radical (unpaired) electrons. The normalized spacial score (nSPS) is 13.8. The van der Waals surface area contributed by atoms with E-state index in [-0.39, 0.29) is 17.5 Å². The largest absolute Gasteiger partial charge is 0.492 e. The molecule has 0 spiro atoms. The van der Waals surface area contributed by atoms with Crippen molar-refractivity contribution in [3.63, 3.8) is 0 Å². The van der Waals surface area contributed by atoms with Crippen molar-refractivity contribution in [1.29, 1.82) is 5.26 Å². The van der Waals surface area contributed by atoms with Crippen molar-refractivity contribution in [2.24, 2.45) is 0 Å². The average Bonchev–Trinajstić information content (AvgIpc) is 3.49. The van der Waals surface area contributed by atoms with Crippen molar-refractivity contribution in [2.45, 2.75) is 39.3 Å². The van der Waals surface area contributed by atoms with E-state index in [9.17, 15) is 10.1 Å². The second kappa shape index (κ2) is 8.46. The van der Waals surface area contributed by atoms with E-state index in [1.54, 1.807) is 6.08 Å². The van der Waals surface area contributed by atoms with Gasteiger partial charge in [-0.25, -0.2) is 0 Å². The van der Waals surface area contributed by atoms with Crippen LogP contribution in [0.5, 0.6) is 5.75 Å². The third-order valence-electron chi connectivity index (χ3n) is 5.48. The fourth-order valence-electron chi connectivity index (χ4n) is 3.44. The number of rotatable bonds is 7. The zero-order valence-corrected chi connectivity index (χ0v) is 17.3. The summed E-state index contributed by atoms with van der Waals surface area (Å²) in [5.74, 6) is 0.563. The summed E-state index contributed by atoms with van der Waals surface area (Å²) in [5, 5.41) is 13.4. The van der Waals surface area contributed by atoms with E-state index in [2.05, 4.69) is 35.9 Å². The molecule has 2 aromatic carbocycles. The highest BCUT2D eigenvalue weighted by Gasteiger charge is 2.24. The molecule has 1 N–H and O–H groups in total. The Bertz CT molecular complexity index is 1160. The van der Waals surface area contributed by atoms with Gasteiger partial charge in [0.05, 0.1) is 6.54 Å². The second-order valence-electron chi connectivity index (χ2n) is 7.81. The maximum Gasteiger partial charge on any atom is 0.262 e. The zero-order chi connectivity index (χ0) is 21.1. The van der Waals surface area contributed by atoms with Gasteiger partial charge in [0.1, 0.15) is 24.0 Å². The lowest BCUT2D eigenvalue weighted by Gasteiger charge is -2.10. The van der Waals surface area contributed by atoms with Gasteiger partial charge in [0.2, 0.25) is 0 Å². The van der Waals surface area contributed by atoms with Crippen LogP contribution in [-0.4, -0.2) is 23.1 Å². The highest BCUT2D eigenvalue weighted by Crippen LogP contribution is 2.25. The molecule has 1 aromatic heterocycles. The number of amides is 1. The lowest BCUT2D eigenvalue weighted by Crippen LogP contribution is -2.26. The number of fused-ring (bicyclic) bond motifs is 1. The van der Waals surface area contributed by atoms with Crippen molar-refractivity contribution in [3.8, 4) is 11.8 Å². The van der Waals surface area contributed by atoms with Gasteiger partial charge in [-0.3, -0.25) is 4.79 Å². The fourth-order valence-corrected chi connectivity index (χ4v) is 3.44. The molecule has 152 valence electrons. The SMILES string of the molecule is Cc1ccc(OCCn2cc(C=C(C#N)C(=O)NC3CC3)c3ccccc32)cc1C. The van der Waals surface area contributed by atoms with Crippen LogP contribution in [-0.2, 0) is 11.3 Å². The highest BCUT2D eigenvalue weighted by molar-refractivity contribution is 6.04. The number of nitrogens with one attached hydrogen (secondary N) is 1. The summed E-state index contributed by atoms with van der Waals surface area (Å²) in [7, 11) is 0. The summed E-state index contributed by atoms with van der Waals surface area (Å²) >= 11 is 0. The standard InChI is InChI=1S/C25H25N3O2/c1-17-7-10-22(13-18(17)2)30-12-11-28-16-20(23-5-3-4-6-24(23)28)14-19(15-26)25(29)27-21-8-9-21/h3-7,10,13-14,16,21H,8-9,11-12H2,1-2H3,(H,27,29). The van der Waals surface area contributed by atoms with Gasteiger partial charge < -0.3 is 14.6 Å². The van der Waals surface area contributed by atoms with E-state index < -0.39 is 0 Å². The second-order valence-corrected chi connectivity index (χ2v) is 7.81. The van der Waals surface area contributed by atoms with Crippen molar-refractivity contribution >= 4 is 22.9 Å². The average molecular weight is 399 g/mol. The van der Waals surface area contributed by atoms with Crippen LogP contribution in [0.1, 0.15) is 29.5 Å². The van der Waals surface area contributed by atoms with Gasteiger partial charge in [-0.2, -0.15) is 5.26 Å². The molecule has 30 heavy (non-hydrogen) atoms. The van der Waals surface area contributed by atoms with E-state index in [1.165, 1.54) is 11.1 Å². The number of nitrogens with zero attached hydrogens (tertiary/aromatic N) is 2. The zero-order valence-electron chi connectivity index (χ0n) is 17.3. The number of hydrogen-bond donors (Lipinski definition) is 1. The Kier molecular flexibility index (Phi) is 5.58. The first-order valence-corrected chi connectivity index (χ1v) is 10.3. The molecule has 1 aliphatic rings. The van der Waals surface area contributed by atoms with Gasteiger partial charge in [-0.15, -0.1) is 0 Å². The predicted octanol–water partition coefficient (Wildman–Crippen LogP) is 4.52. The number of hydrogen-bond acceptors (Lipinski definition) is 3. The molecular weight excluding hydrogens is 374 g/mol. The Morgan fingerprint density at radius 2 is 2.03 bits per heavy atom. The fraction of sp³-hybridized carbons (Fsp3) is 0.280. The smallest absolute Gasteiger partial charge is 0.262 e. The Labute approximate surface area is 176 Å². The number of aromatic nitrogens is 1. The number of carbonyl (C=O) groups is 1. The van der Waals surface area contributed by atoms with Crippen LogP contribution < -0.4 is 10.1 Å². The van der Waals surface area contributed by atoms with E-state index in [1.807, 2.05) is 42.6 Å². The molecular formula is C25H25N3O2. The summed E-state index contributed by atoms with van der Waals surface area (Å²) in [6.45, 7) is 5.35. The molecule has 1 amide bonds. The minimum absolute atomic E-state index is 0.135. The molecule has 0 unspecified atom stereocenters. The van der Waals surface area contributed by atoms with Gasteiger partial charge in [0, 0.05) is 28.7 Å². The minimum Gasteiger partial charge on any atom is -0.492 e. The lowest BCUT2D eigenvalue weighted by atomic mass is 10.1. The summed E-state index contributed by atoms with van der Waals surface area (Å²) in [4.78, 5) is 12.3. The molecule has 1 saturated carbocycles. The first-order chi connectivity index (χ1) is 14.5. The third kappa shape index (κ3) is 4.38.